The number of carboxylic acids is 1. The van der Waals surface area contributed by atoms with Crippen LogP contribution in [0.1, 0.15) is 24.0 Å². The Labute approximate surface area is 148 Å². The first kappa shape index (κ1) is 17.2. The van der Waals surface area contributed by atoms with Crippen LogP contribution in [0.25, 0.3) is 0 Å². The highest BCUT2D eigenvalue weighted by atomic mass is 16.4. The fraction of sp³-hybridized carbons (Fsp3) is 0.333. The number of likely N-dealkylation sites (tertiary alicyclic amines) is 1. The minimum atomic E-state index is -0.899. The van der Waals surface area contributed by atoms with Crippen molar-refractivity contribution in [2.24, 2.45) is 5.92 Å². The molecule has 0 aromatic heterocycles. The highest BCUT2D eigenvalue weighted by molar-refractivity contribution is 5.86. The number of hydrogen-bond donors (Lipinski definition) is 1. The van der Waals surface area contributed by atoms with Crippen LogP contribution in [0.3, 0.4) is 0 Å². The topological polar surface area (TPSA) is 57.6 Å². The number of hydrogen-bond acceptors (Lipinski definition) is 2. The van der Waals surface area contributed by atoms with Gasteiger partial charge in [0.15, 0.2) is 0 Å². The van der Waals surface area contributed by atoms with Gasteiger partial charge in [-0.05, 0) is 36.8 Å². The Hall–Kier alpha value is -2.62. The van der Waals surface area contributed by atoms with Crippen molar-refractivity contribution >= 4 is 11.9 Å². The summed E-state index contributed by atoms with van der Waals surface area (Å²) in [5.41, 5.74) is 2.20. The molecule has 1 aliphatic heterocycles. The molecule has 1 aliphatic rings. The van der Waals surface area contributed by atoms with Crippen LogP contribution in [0.5, 0.6) is 0 Å². The molecule has 4 heteroatoms. The molecule has 0 unspecified atom stereocenters. The Kier molecular flexibility index (Phi) is 5.49. The Morgan fingerprint density at radius 2 is 1.48 bits per heavy atom. The summed E-state index contributed by atoms with van der Waals surface area (Å²) in [5.74, 6) is -1.19. The van der Waals surface area contributed by atoms with Gasteiger partial charge in [-0.25, -0.2) is 4.79 Å². The molecule has 1 amide bonds. The van der Waals surface area contributed by atoms with Gasteiger partial charge in [-0.2, -0.15) is 0 Å². The summed E-state index contributed by atoms with van der Waals surface area (Å²) in [6.45, 7) is 0.538. The van der Waals surface area contributed by atoms with Crippen molar-refractivity contribution < 1.29 is 14.7 Å². The molecule has 2 aromatic carbocycles. The number of nitrogens with zero attached hydrogens (tertiary/aromatic N) is 1. The van der Waals surface area contributed by atoms with Gasteiger partial charge in [-0.1, -0.05) is 60.7 Å². The Bertz CT molecular complexity index is 673. The van der Waals surface area contributed by atoms with Crippen LogP contribution in [-0.2, 0) is 22.4 Å². The van der Waals surface area contributed by atoms with Gasteiger partial charge in [0, 0.05) is 12.5 Å². The smallest absolute Gasteiger partial charge is 0.326 e. The monoisotopic (exact) mass is 337 g/mol. The molecule has 0 bridgehead atoms. The number of rotatable bonds is 6. The molecule has 1 atom stereocenters. The molecule has 0 aliphatic carbocycles. The van der Waals surface area contributed by atoms with Crippen molar-refractivity contribution in [1.29, 1.82) is 0 Å². The molecule has 1 saturated heterocycles. The normalized spacial score (nSPS) is 17.0. The predicted molar refractivity (Wildman–Crippen MR) is 96.2 cm³/mol. The quantitative estimate of drug-likeness (QED) is 0.881. The van der Waals surface area contributed by atoms with Gasteiger partial charge in [0.1, 0.15) is 6.04 Å². The largest absolute Gasteiger partial charge is 0.480 e. The van der Waals surface area contributed by atoms with Gasteiger partial charge >= 0.3 is 5.97 Å². The number of aliphatic carboxylic acids is 1. The zero-order chi connectivity index (χ0) is 17.6. The van der Waals surface area contributed by atoms with E-state index in [1.807, 2.05) is 60.7 Å². The molecule has 1 N–H and O–H groups in total. The summed E-state index contributed by atoms with van der Waals surface area (Å²) in [6, 6.07) is 19.2. The average molecular weight is 337 g/mol. The fourth-order valence-electron chi connectivity index (χ4n) is 3.57. The molecule has 130 valence electrons. The number of carbonyl (C=O) groups excluding carboxylic acids is 1. The van der Waals surface area contributed by atoms with E-state index in [4.69, 9.17) is 0 Å². The molecular weight excluding hydrogens is 314 g/mol. The average Bonchev–Trinajstić information content (AvgIpc) is 3.12. The van der Waals surface area contributed by atoms with Crippen LogP contribution in [0.2, 0.25) is 0 Å². The van der Waals surface area contributed by atoms with E-state index in [-0.39, 0.29) is 11.8 Å². The van der Waals surface area contributed by atoms with Crippen LogP contribution < -0.4 is 0 Å². The van der Waals surface area contributed by atoms with Crippen molar-refractivity contribution in [2.75, 3.05) is 6.54 Å². The van der Waals surface area contributed by atoms with E-state index in [9.17, 15) is 14.7 Å². The lowest BCUT2D eigenvalue weighted by molar-refractivity contribution is -0.149. The van der Waals surface area contributed by atoms with Gasteiger partial charge in [0.05, 0.1) is 0 Å². The van der Waals surface area contributed by atoms with Crippen molar-refractivity contribution in [3.63, 3.8) is 0 Å². The van der Waals surface area contributed by atoms with Gasteiger partial charge in [0.2, 0.25) is 5.91 Å². The Morgan fingerprint density at radius 3 is 1.96 bits per heavy atom. The minimum absolute atomic E-state index is 0.0439. The van der Waals surface area contributed by atoms with E-state index < -0.39 is 12.0 Å². The summed E-state index contributed by atoms with van der Waals surface area (Å²) in [4.78, 5) is 26.2. The SMILES string of the molecule is O=C(O)[C@H]1CCCN1C(=O)C(Cc1ccccc1)Cc1ccccc1. The maximum atomic E-state index is 13.1. The molecule has 0 radical (unpaired) electrons. The molecule has 2 aromatic rings. The maximum Gasteiger partial charge on any atom is 0.326 e. The number of benzene rings is 2. The van der Waals surface area contributed by atoms with Gasteiger partial charge in [-0.3, -0.25) is 4.79 Å². The molecule has 25 heavy (non-hydrogen) atoms. The first-order valence-corrected chi connectivity index (χ1v) is 8.76. The molecule has 0 spiro atoms. The van der Waals surface area contributed by atoms with E-state index in [1.54, 1.807) is 4.90 Å². The first-order chi connectivity index (χ1) is 12.1. The standard InChI is InChI=1S/C21H23NO3/c23-20(22-13-7-12-19(22)21(24)25)18(14-16-8-3-1-4-9-16)15-17-10-5-2-6-11-17/h1-6,8-11,18-19H,7,12-15H2,(H,24,25)/t19-/m1/s1. The summed E-state index contributed by atoms with van der Waals surface area (Å²) in [5, 5.41) is 9.40. The highest BCUT2D eigenvalue weighted by Gasteiger charge is 2.37. The number of carboxylic acid groups (broad SMARTS) is 1. The molecule has 3 rings (SSSR count). The zero-order valence-corrected chi connectivity index (χ0v) is 14.2. The molecule has 4 nitrogen and oxygen atoms in total. The van der Waals surface area contributed by atoms with E-state index in [0.717, 1.165) is 17.5 Å². The second kappa shape index (κ2) is 7.97. The lowest BCUT2D eigenvalue weighted by Crippen LogP contribution is -2.44. The van der Waals surface area contributed by atoms with E-state index in [1.165, 1.54) is 0 Å². The van der Waals surface area contributed by atoms with Crippen molar-refractivity contribution in [3.05, 3.63) is 71.8 Å². The van der Waals surface area contributed by atoms with Crippen LogP contribution in [0, 0.1) is 5.92 Å². The van der Waals surface area contributed by atoms with Crippen LogP contribution >= 0.6 is 0 Å². The molecule has 1 heterocycles. The lowest BCUT2D eigenvalue weighted by Gasteiger charge is -2.27. The first-order valence-electron chi connectivity index (χ1n) is 8.76. The summed E-state index contributed by atoms with van der Waals surface area (Å²) in [7, 11) is 0. The van der Waals surface area contributed by atoms with Gasteiger partial charge < -0.3 is 10.0 Å². The molecule has 0 saturated carbocycles. The number of carbonyl (C=O) groups is 2. The van der Waals surface area contributed by atoms with Crippen molar-refractivity contribution in [1.82, 2.24) is 4.90 Å². The maximum absolute atomic E-state index is 13.1. The Balaban J connectivity index is 1.82. The van der Waals surface area contributed by atoms with Crippen LogP contribution in [0.4, 0.5) is 0 Å². The number of amides is 1. The third kappa shape index (κ3) is 4.27. The van der Waals surface area contributed by atoms with Crippen LogP contribution in [-0.4, -0.2) is 34.5 Å². The lowest BCUT2D eigenvalue weighted by atomic mass is 9.91. The minimum Gasteiger partial charge on any atom is -0.480 e. The highest BCUT2D eigenvalue weighted by Crippen LogP contribution is 2.24. The van der Waals surface area contributed by atoms with Crippen LogP contribution in [0.15, 0.2) is 60.7 Å². The zero-order valence-electron chi connectivity index (χ0n) is 14.2. The second-order valence-electron chi connectivity index (χ2n) is 6.60. The molecular formula is C21H23NO3. The third-order valence-electron chi connectivity index (χ3n) is 4.82. The second-order valence-corrected chi connectivity index (χ2v) is 6.60. The predicted octanol–water partition coefficient (Wildman–Crippen LogP) is 3.16. The fourth-order valence-corrected chi connectivity index (χ4v) is 3.57. The summed E-state index contributed by atoms with van der Waals surface area (Å²) in [6.07, 6.45) is 2.55. The van der Waals surface area contributed by atoms with E-state index >= 15 is 0 Å². The van der Waals surface area contributed by atoms with Gasteiger partial charge in [-0.15, -0.1) is 0 Å². The molecule has 1 fully saturated rings. The van der Waals surface area contributed by atoms with Crippen molar-refractivity contribution in [3.8, 4) is 0 Å². The van der Waals surface area contributed by atoms with Gasteiger partial charge in [0.25, 0.3) is 0 Å². The summed E-state index contributed by atoms with van der Waals surface area (Å²) >= 11 is 0. The van der Waals surface area contributed by atoms with Crippen molar-refractivity contribution in [2.45, 2.75) is 31.7 Å². The third-order valence-corrected chi connectivity index (χ3v) is 4.82. The Morgan fingerprint density at radius 1 is 0.960 bits per heavy atom. The summed E-state index contributed by atoms with van der Waals surface area (Å²) < 4.78 is 0. The van der Waals surface area contributed by atoms with E-state index in [0.29, 0.717) is 25.8 Å². The van der Waals surface area contributed by atoms with E-state index in [2.05, 4.69) is 0 Å².